The number of benzene rings is 1. The number of halogens is 1. The summed E-state index contributed by atoms with van der Waals surface area (Å²) in [5, 5.41) is 11.3. The molecule has 0 saturated heterocycles. The van der Waals surface area contributed by atoms with Gasteiger partial charge in [0, 0.05) is 37.3 Å². The van der Waals surface area contributed by atoms with Crippen LogP contribution in [0.15, 0.2) is 58.2 Å². The van der Waals surface area contributed by atoms with Gasteiger partial charge in [-0.3, -0.25) is 9.98 Å². The Morgan fingerprint density at radius 1 is 1.14 bits per heavy atom. The zero-order chi connectivity index (χ0) is 19.6. The molecule has 0 amide bonds. The van der Waals surface area contributed by atoms with Crippen molar-refractivity contribution in [3.05, 3.63) is 65.1 Å². The van der Waals surface area contributed by atoms with Gasteiger partial charge < -0.3 is 15.2 Å². The van der Waals surface area contributed by atoms with Crippen molar-refractivity contribution in [3.8, 4) is 11.6 Å². The van der Waals surface area contributed by atoms with Gasteiger partial charge in [0.05, 0.1) is 0 Å². The Morgan fingerprint density at radius 2 is 2.07 bits per heavy atom. The van der Waals surface area contributed by atoms with Crippen LogP contribution in [0.5, 0.6) is 0 Å². The van der Waals surface area contributed by atoms with Gasteiger partial charge in [0.25, 0.3) is 5.89 Å². The maximum absolute atomic E-state index is 6.02. The number of guanidine groups is 1. The molecule has 2 heterocycles. The molecule has 0 aliphatic carbocycles. The van der Waals surface area contributed by atoms with Gasteiger partial charge in [-0.1, -0.05) is 35.0 Å². The van der Waals surface area contributed by atoms with Crippen molar-refractivity contribution in [2.45, 2.75) is 19.8 Å². The number of aliphatic imine (C=N–C) groups is 1. The fourth-order valence-corrected chi connectivity index (χ4v) is 2.79. The van der Waals surface area contributed by atoms with Crippen LogP contribution in [0.2, 0.25) is 5.02 Å². The summed E-state index contributed by atoms with van der Waals surface area (Å²) in [5.41, 5.74) is 1.85. The predicted molar refractivity (Wildman–Crippen MR) is 110 cm³/mol. The van der Waals surface area contributed by atoms with E-state index in [4.69, 9.17) is 16.1 Å². The summed E-state index contributed by atoms with van der Waals surface area (Å²) in [6.45, 7) is 4.13. The number of nitrogens with one attached hydrogen (secondary N) is 2. The molecule has 28 heavy (non-hydrogen) atoms. The number of aromatic nitrogens is 3. The summed E-state index contributed by atoms with van der Waals surface area (Å²) in [5.74, 6) is 1.79. The molecular weight excluding hydrogens is 376 g/mol. The lowest BCUT2D eigenvalue weighted by Crippen LogP contribution is -2.38. The molecule has 0 atom stereocenters. The maximum Gasteiger partial charge on any atom is 0.276 e. The third-order valence-electron chi connectivity index (χ3n) is 3.90. The van der Waals surface area contributed by atoms with Gasteiger partial charge >= 0.3 is 0 Å². The van der Waals surface area contributed by atoms with Crippen LogP contribution in [0.1, 0.15) is 18.3 Å². The molecule has 3 rings (SSSR count). The Morgan fingerprint density at radius 3 is 2.86 bits per heavy atom. The minimum absolute atomic E-state index is 0.422. The largest absolute Gasteiger partial charge is 0.357 e. The molecule has 7 nitrogen and oxygen atoms in total. The Bertz CT molecular complexity index is 896. The van der Waals surface area contributed by atoms with Crippen LogP contribution in [0.3, 0.4) is 0 Å². The minimum atomic E-state index is 0.422. The lowest BCUT2D eigenvalue weighted by molar-refractivity contribution is 0.421. The fourth-order valence-electron chi connectivity index (χ4n) is 2.58. The van der Waals surface area contributed by atoms with Crippen molar-refractivity contribution >= 4 is 17.6 Å². The van der Waals surface area contributed by atoms with E-state index in [1.165, 1.54) is 5.56 Å². The number of hydrogen-bond acceptors (Lipinski definition) is 5. The molecule has 2 N–H and O–H groups in total. The number of rotatable bonds is 8. The molecule has 0 unspecified atom stereocenters. The number of pyridine rings is 1. The predicted octanol–water partition coefficient (Wildman–Crippen LogP) is 3.13. The Labute approximate surface area is 169 Å². The molecule has 0 bridgehead atoms. The maximum atomic E-state index is 6.02. The summed E-state index contributed by atoms with van der Waals surface area (Å²) in [4.78, 5) is 13.1. The molecular formula is C20H23ClN6O. The van der Waals surface area contributed by atoms with Crippen molar-refractivity contribution in [1.82, 2.24) is 25.8 Å². The average molecular weight is 399 g/mol. The number of nitrogens with zero attached hydrogens (tertiary/aromatic N) is 4. The molecule has 2 aromatic heterocycles. The Balaban J connectivity index is 1.49. The first kappa shape index (κ1) is 19.8. The van der Waals surface area contributed by atoms with Crippen LogP contribution in [0.4, 0.5) is 0 Å². The minimum Gasteiger partial charge on any atom is -0.357 e. The Kier molecular flexibility index (Phi) is 7.37. The smallest absolute Gasteiger partial charge is 0.276 e. The highest BCUT2D eigenvalue weighted by molar-refractivity contribution is 6.30. The summed E-state index contributed by atoms with van der Waals surface area (Å²) >= 11 is 6.02. The van der Waals surface area contributed by atoms with E-state index in [2.05, 4.69) is 36.8 Å². The zero-order valence-electron chi connectivity index (χ0n) is 15.7. The zero-order valence-corrected chi connectivity index (χ0v) is 16.5. The summed E-state index contributed by atoms with van der Waals surface area (Å²) < 4.78 is 5.27. The monoisotopic (exact) mass is 398 g/mol. The highest BCUT2D eigenvalue weighted by Gasteiger charge is 2.09. The van der Waals surface area contributed by atoms with E-state index in [0.29, 0.717) is 30.4 Å². The van der Waals surface area contributed by atoms with Gasteiger partial charge in [0.2, 0.25) is 0 Å². The van der Waals surface area contributed by atoms with Gasteiger partial charge in [0.1, 0.15) is 5.69 Å². The SMILES string of the molecule is CCNC(=NCCc1noc(-c2ccccn2)n1)NCCc1cccc(Cl)c1. The summed E-state index contributed by atoms with van der Waals surface area (Å²) in [6, 6.07) is 13.4. The van der Waals surface area contributed by atoms with Crippen LogP contribution in [-0.4, -0.2) is 40.7 Å². The first-order chi connectivity index (χ1) is 13.7. The van der Waals surface area contributed by atoms with Crippen LogP contribution in [0.25, 0.3) is 11.6 Å². The fraction of sp³-hybridized carbons (Fsp3) is 0.300. The van der Waals surface area contributed by atoms with Gasteiger partial charge in [-0.15, -0.1) is 0 Å². The topological polar surface area (TPSA) is 88.2 Å². The van der Waals surface area contributed by atoms with Gasteiger partial charge in [0.15, 0.2) is 11.8 Å². The van der Waals surface area contributed by atoms with E-state index in [1.807, 2.05) is 43.3 Å². The van der Waals surface area contributed by atoms with Crippen molar-refractivity contribution in [2.24, 2.45) is 4.99 Å². The summed E-state index contributed by atoms with van der Waals surface area (Å²) in [6.07, 6.45) is 3.14. The van der Waals surface area contributed by atoms with Crippen LogP contribution >= 0.6 is 11.6 Å². The highest BCUT2D eigenvalue weighted by atomic mass is 35.5. The van der Waals surface area contributed by atoms with Crippen molar-refractivity contribution in [3.63, 3.8) is 0 Å². The lowest BCUT2D eigenvalue weighted by Gasteiger charge is -2.11. The van der Waals surface area contributed by atoms with Gasteiger partial charge in [-0.2, -0.15) is 4.98 Å². The highest BCUT2D eigenvalue weighted by Crippen LogP contribution is 2.13. The molecule has 0 aliphatic heterocycles. The molecule has 146 valence electrons. The first-order valence-corrected chi connectivity index (χ1v) is 9.63. The number of hydrogen-bond donors (Lipinski definition) is 2. The van der Waals surface area contributed by atoms with Crippen molar-refractivity contribution in [2.75, 3.05) is 19.6 Å². The molecule has 1 aromatic carbocycles. The van der Waals surface area contributed by atoms with E-state index in [0.717, 1.165) is 30.5 Å². The molecule has 0 aliphatic rings. The van der Waals surface area contributed by atoms with Gasteiger partial charge in [-0.05, 0) is 43.2 Å². The van der Waals surface area contributed by atoms with E-state index in [9.17, 15) is 0 Å². The second-order valence-corrected chi connectivity index (χ2v) is 6.48. The standard InChI is InChI=1S/C20H23ClN6O/c1-2-22-20(24-12-9-15-6-5-7-16(21)14-15)25-13-10-18-26-19(28-27-18)17-8-3-4-11-23-17/h3-8,11,14H,2,9-10,12-13H2,1H3,(H2,22,24,25). The first-order valence-electron chi connectivity index (χ1n) is 9.25. The molecule has 0 spiro atoms. The second-order valence-electron chi connectivity index (χ2n) is 6.05. The average Bonchev–Trinajstić information content (AvgIpc) is 3.18. The van der Waals surface area contributed by atoms with E-state index in [1.54, 1.807) is 6.20 Å². The second kappa shape index (κ2) is 10.4. The van der Waals surface area contributed by atoms with Crippen molar-refractivity contribution in [1.29, 1.82) is 0 Å². The van der Waals surface area contributed by atoms with Crippen LogP contribution in [-0.2, 0) is 12.8 Å². The van der Waals surface area contributed by atoms with E-state index < -0.39 is 0 Å². The lowest BCUT2D eigenvalue weighted by atomic mass is 10.1. The summed E-state index contributed by atoms with van der Waals surface area (Å²) in [7, 11) is 0. The molecule has 3 aromatic rings. The third kappa shape index (κ3) is 6.06. The Hall–Kier alpha value is -2.93. The molecule has 0 saturated carbocycles. The van der Waals surface area contributed by atoms with E-state index in [-0.39, 0.29) is 0 Å². The third-order valence-corrected chi connectivity index (χ3v) is 4.13. The molecule has 8 heteroatoms. The van der Waals surface area contributed by atoms with E-state index >= 15 is 0 Å². The quantitative estimate of drug-likeness (QED) is 0.447. The van der Waals surface area contributed by atoms with Crippen LogP contribution in [0, 0.1) is 0 Å². The van der Waals surface area contributed by atoms with Gasteiger partial charge in [-0.25, -0.2) is 0 Å². The normalized spacial score (nSPS) is 11.4. The van der Waals surface area contributed by atoms with Crippen LogP contribution < -0.4 is 10.6 Å². The molecule has 0 radical (unpaired) electrons. The van der Waals surface area contributed by atoms with Crippen molar-refractivity contribution < 1.29 is 4.52 Å². The molecule has 0 fully saturated rings.